The molecule has 3 heterocycles. The summed E-state index contributed by atoms with van der Waals surface area (Å²) in [5, 5.41) is 0. The van der Waals surface area contributed by atoms with Gasteiger partial charge in [0.25, 0.3) is 5.91 Å². The number of hydrogen-bond acceptors (Lipinski definition) is 5. The minimum Gasteiger partial charge on any atom is -0.466 e. The van der Waals surface area contributed by atoms with Crippen LogP contribution in [-0.2, 0) is 16.1 Å². The van der Waals surface area contributed by atoms with Crippen LogP contribution < -0.4 is 4.90 Å². The van der Waals surface area contributed by atoms with Gasteiger partial charge in [0.05, 0.1) is 24.8 Å². The summed E-state index contributed by atoms with van der Waals surface area (Å²) in [5.41, 5.74) is 4.12. The molecule has 2 aliphatic rings. The first-order valence-electron chi connectivity index (χ1n) is 13.2. The summed E-state index contributed by atoms with van der Waals surface area (Å²) >= 11 is 0. The van der Waals surface area contributed by atoms with E-state index in [-0.39, 0.29) is 30.2 Å². The zero-order chi connectivity index (χ0) is 25.8. The number of anilines is 1. The molecule has 1 aromatic heterocycles. The van der Waals surface area contributed by atoms with E-state index in [9.17, 15) is 14.0 Å². The van der Waals surface area contributed by atoms with Gasteiger partial charge >= 0.3 is 5.97 Å². The first-order valence-corrected chi connectivity index (χ1v) is 13.2. The number of piperazine rings is 1. The molecular formula is C28H39FN4O3. The van der Waals surface area contributed by atoms with Gasteiger partial charge in [0.1, 0.15) is 11.5 Å². The van der Waals surface area contributed by atoms with E-state index in [0.717, 1.165) is 62.5 Å². The van der Waals surface area contributed by atoms with Crippen LogP contribution >= 0.6 is 0 Å². The van der Waals surface area contributed by atoms with Crippen molar-refractivity contribution in [3.8, 4) is 0 Å². The van der Waals surface area contributed by atoms with Crippen molar-refractivity contribution in [2.24, 2.45) is 5.92 Å². The fraction of sp³-hybridized carbons (Fsp3) is 0.571. The smallest absolute Gasteiger partial charge is 0.310 e. The van der Waals surface area contributed by atoms with Gasteiger partial charge in [0.2, 0.25) is 0 Å². The molecule has 8 heteroatoms. The van der Waals surface area contributed by atoms with E-state index in [0.29, 0.717) is 31.0 Å². The van der Waals surface area contributed by atoms with Crippen molar-refractivity contribution in [2.45, 2.75) is 47.1 Å². The van der Waals surface area contributed by atoms with E-state index >= 15 is 0 Å². The number of likely N-dealkylation sites (N-methyl/N-ethyl adjacent to an activating group) is 1. The van der Waals surface area contributed by atoms with Crippen molar-refractivity contribution in [1.29, 1.82) is 0 Å². The second-order valence-electron chi connectivity index (χ2n) is 9.85. The van der Waals surface area contributed by atoms with Gasteiger partial charge < -0.3 is 24.0 Å². The summed E-state index contributed by atoms with van der Waals surface area (Å²) in [6.45, 7) is 14.3. The van der Waals surface area contributed by atoms with E-state index in [1.807, 2.05) is 24.5 Å². The Bertz CT molecular complexity index is 1090. The number of amides is 1. The predicted molar refractivity (Wildman–Crippen MR) is 139 cm³/mol. The Balaban J connectivity index is 1.70. The van der Waals surface area contributed by atoms with Crippen molar-refractivity contribution in [2.75, 3.05) is 57.3 Å². The highest BCUT2D eigenvalue weighted by molar-refractivity contribution is 5.97. The lowest BCUT2D eigenvalue weighted by atomic mass is 9.97. The molecule has 1 amide bonds. The number of rotatable bonds is 7. The number of ether oxygens (including phenoxy) is 1. The van der Waals surface area contributed by atoms with Crippen molar-refractivity contribution >= 4 is 17.6 Å². The third kappa shape index (κ3) is 5.28. The van der Waals surface area contributed by atoms with Crippen molar-refractivity contribution in [3.05, 3.63) is 52.6 Å². The molecule has 7 nitrogen and oxygen atoms in total. The van der Waals surface area contributed by atoms with E-state index in [1.54, 1.807) is 24.0 Å². The van der Waals surface area contributed by atoms with Crippen molar-refractivity contribution in [1.82, 2.24) is 14.4 Å². The molecule has 0 bridgehead atoms. The Kier molecular flexibility index (Phi) is 8.34. The maximum absolute atomic E-state index is 14.7. The lowest BCUT2D eigenvalue weighted by molar-refractivity contribution is -0.149. The van der Waals surface area contributed by atoms with E-state index in [4.69, 9.17) is 4.74 Å². The molecule has 1 atom stereocenters. The van der Waals surface area contributed by atoms with Crippen LogP contribution in [-0.4, -0.2) is 78.7 Å². The zero-order valence-electron chi connectivity index (χ0n) is 22.1. The van der Waals surface area contributed by atoms with Crippen LogP contribution in [0.5, 0.6) is 0 Å². The number of nitrogens with zero attached hydrogens (tertiary/aromatic N) is 4. The highest BCUT2D eigenvalue weighted by Crippen LogP contribution is 2.34. The van der Waals surface area contributed by atoms with Crippen molar-refractivity contribution < 1.29 is 18.7 Å². The second kappa shape index (κ2) is 11.5. The van der Waals surface area contributed by atoms with Gasteiger partial charge in [-0.25, -0.2) is 4.39 Å². The summed E-state index contributed by atoms with van der Waals surface area (Å²) in [6.07, 6.45) is 1.48. The molecular weight excluding hydrogens is 459 g/mol. The average Bonchev–Trinajstić information content (AvgIpc) is 3.14. The normalized spacial score (nSPS) is 19.0. The van der Waals surface area contributed by atoms with Gasteiger partial charge in [-0.15, -0.1) is 0 Å². The zero-order valence-corrected chi connectivity index (χ0v) is 22.1. The molecule has 0 N–H and O–H groups in total. The summed E-state index contributed by atoms with van der Waals surface area (Å²) in [7, 11) is 0. The number of halogens is 1. The third-order valence-electron chi connectivity index (χ3n) is 7.68. The van der Waals surface area contributed by atoms with Crippen LogP contribution in [0, 0.1) is 25.6 Å². The number of hydrogen-bond donors (Lipinski definition) is 0. The number of benzene rings is 1. The van der Waals surface area contributed by atoms with Gasteiger partial charge in [0.15, 0.2) is 0 Å². The SMILES string of the molecule is CCOC(=O)C1CCCN(C(=O)c2c(C)c(N3CCN(CC)CC3)c(C)n2Cc2ccccc2F)C1. The molecule has 0 radical (unpaired) electrons. The summed E-state index contributed by atoms with van der Waals surface area (Å²) in [4.78, 5) is 33.0. The monoisotopic (exact) mass is 498 g/mol. The van der Waals surface area contributed by atoms with Crippen LogP contribution in [0.3, 0.4) is 0 Å². The fourth-order valence-electron chi connectivity index (χ4n) is 5.67. The predicted octanol–water partition coefficient (Wildman–Crippen LogP) is 3.85. The molecule has 2 aromatic rings. The third-order valence-corrected chi connectivity index (χ3v) is 7.68. The Labute approximate surface area is 213 Å². The van der Waals surface area contributed by atoms with Gasteiger partial charge in [-0.3, -0.25) is 9.59 Å². The maximum atomic E-state index is 14.7. The molecule has 1 unspecified atom stereocenters. The second-order valence-corrected chi connectivity index (χ2v) is 9.85. The van der Waals surface area contributed by atoms with Gasteiger partial charge in [-0.05, 0) is 46.2 Å². The molecule has 2 fully saturated rings. The molecule has 0 saturated carbocycles. The molecule has 196 valence electrons. The topological polar surface area (TPSA) is 58.0 Å². The van der Waals surface area contributed by atoms with Crippen LogP contribution in [0.4, 0.5) is 10.1 Å². The quantitative estimate of drug-likeness (QED) is 0.543. The van der Waals surface area contributed by atoms with E-state index in [2.05, 4.69) is 16.7 Å². The molecule has 4 rings (SSSR count). The van der Waals surface area contributed by atoms with Gasteiger partial charge in [-0.1, -0.05) is 25.1 Å². The number of piperidine rings is 1. The molecule has 0 aliphatic carbocycles. The highest BCUT2D eigenvalue weighted by Gasteiger charge is 2.34. The van der Waals surface area contributed by atoms with Gasteiger partial charge in [0, 0.05) is 56.1 Å². The Morgan fingerprint density at radius 3 is 2.44 bits per heavy atom. The summed E-state index contributed by atoms with van der Waals surface area (Å²) < 4.78 is 21.9. The van der Waals surface area contributed by atoms with Crippen LogP contribution in [0.1, 0.15) is 54.0 Å². The van der Waals surface area contributed by atoms with Crippen LogP contribution in [0.25, 0.3) is 0 Å². The number of carbonyl (C=O) groups excluding carboxylic acids is 2. The summed E-state index contributed by atoms with van der Waals surface area (Å²) in [6, 6.07) is 6.74. The number of carbonyl (C=O) groups is 2. The van der Waals surface area contributed by atoms with E-state index < -0.39 is 0 Å². The highest BCUT2D eigenvalue weighted by atomic mass is 19.1. The van der Waals surface area contributed by atoms with Crippen LogP contribution in [0.2, 0.25) is 0 Å². The Morgan fingerprint density at radius 2 is 1.78 bits per heavy atom. The molecule has 2 aliphatic heterocycles. The summed E-state index contributed by atoms with van der Waals surface area (Å²) in [5.74, 6) is -0.917. The number of aromatic nitrogens is 1. The maximum Gasteiger partial charge on any atom is 0.310 e. The van der Waals surface area contributed by atoms with Crippen molar-refractivity contribution in [3.63, 3.8) is 0 Å². The average molecular weight is 499 g/mol. The Morgan fingerprint density at radius 1 is 1.06 bits per heavy atom. The minimum atomic E-state index is -0.305. The molecule has 36 heavy (non-hydrogen) atoms. The lowest BCUT2D eigenvalue weighted by Crippen LogP contribution is -2.46. The molecule has 0 spiro atoms. The largest absolute Gasteiger partial charge is 0.466 e. The Hall–Kier alpha value is -2.87. The standard InChI is InChI=1S/C28H39FN4O3/c1-5-30-14-16-31(17-15-30)25-20(3)26(33(21(25)4)19-22-10-7-8-12-24(22)29)27(34)32-13-9-11-23(18-32)28(35)36-6-2/h7-8,10,12,23H,5-6,9,11,13-19H2,1-4H3. The first kappa shape index (κ1) is 26.2. The lowest BCUT2D eigenvalue weighted by Gasteiger charge is -2.36. The first-order chi connectivity index (χ1) is 17.3. The molecule has 2 saturated heterocycles. The fourth-order valence-corrected chi connectivity index (χ4v) is 5.67. The number of likely N-dealkylation sites (tertiary alicyclic amines) is 1. The van der Waals surface area contributed by atoms with E-state index in [1.165, 1.54) is 6.07 Å². The van der Waals surface area contributed by atoms with Crippen LogP contribution in [0.15, 0.2) is 24.3 Å². The molecule has 1 aromatic carbocycles. The number of esters is 1. The van der Waals surface area contributed by atoms with Gasteiger partial charge in [-0.2, -0.15) is 0 Å². The minimum absolute atomic E-state index is 0.0978.